The molecule has 1 amide bonds. The number of allylic oxidation sites excluding steroid dienone is 2. The maximum Gasteiger partial charge on any atom is 0.232 e. The molecule has 4 nitrogen and oxygen atoms in total. The van der Waals surface area contributed by atoms with E-state index in [-0.39, 0.29) is 29.4 Å². The largest absolute Gasteiger partial charge is 0.469 e. The lowest BCUT2D eigenvalue weighted by Crippen LogP contribution is -2.43. The van der Waals surface area contributed by atoms with Crippen molar-refractivity contribution in [3.05, 3.63) is 64.7 Å². The second-order valence-corrected chi connectivity index (χ2v) is 8.22. The Balaban J connectivity index is 1.89. The number of anilines is 1. The first-order valence-electron chi connectivity index (χ1n) is 8.74. The molecule has 1 aliphatic heterocycles. The lowest BCUT2D eigenvalue weighted by atomic mass is 9.70. The molecule has 5 heteroatoms. The highest BCUT2D eigenvalue weighted by Gasteiger charge is 2.45. The first kappa shape index (κ1) is 17.1. The summed E-state index contributed by atoms with van der Waals surface area (Å²) < 4.78 is 5.55. The maximum absolute atomic E-state index is 13.1. The van der Waals surface area contributed by atoms with Crippen molar-refractivity contribution in [2.45, 2.75) is 39.0 Å². The molecule has 0 spiro atoms. The molecule has 0 bridgehead atoms. The van der Waals surface area contributed by atoms with Crippen LogP contribution >= 0.6 is 11.6 Å². The third kappa shape index (κ3) is 2.88. The number of furan rings is 1. The highest BCUT2D eigenvalue weighted by atomic mass is 35.5. The fraction of sp³-hybridized carbons (Fsp3) is 0.333. The summed E-state index contributed by atoms with van der Waals surface area (Å²) in [6.45, 7) is 4.13. The predicted molar refractivity (Wildman–Crippen MR) is 100 cm³/mol. The van der Waals surface area contributed by atoms with Crippen LogP contribution in [0, 0.1) is 5.41 Å². The zero-order valence-electron chi connectivity index (χ0n) is 14.8. The van der Waals surface area contributed by atoms with E-state index in [4.69, 9.17) is 16.0 Å². The average molecular weight is 370 g/mol. The van der Waals surface area contributed by atoms with Gasteiger partial charge in [-0.15, -0.1) is 0 Å². The van der Waals surface area contributed by atoms with Gasteiger partial charge >= 0.3 is 0 Å². The molecule has 2 aromatic rings. The van der Waals surface area contributed by atoms with E-state index in [2.05, 4.69) is 13.8 Å². The molecule has 1 aromatic heterocycles. The van der Waals surface area contributed by atoms with Gasteiger partial charge in [0, 0.05) is 34.8 Å². The van der Waals surface area contributed by atoms with E-state index in [1.165, 1.54) is 0 Å². The molecular weight excluding hydrogens is 350 g/mol. The third-order valence-corrected chi connectivity index (χ3v) is 5.37. The van der Waals surface area contributed by atoms with Crippen LogP contribution in [0.5, 0.6) is 0 Å². The zero-order chi connectivity index (χ0) is 18.5. The highest BCUT2D eigenvalue weighted by Crippen LogP contribution is 2.48. The Morgan fingerprint density at radius 1 is 1.12 bits per heavy atom. The van der Waals surface area contributed by atoms with Crippen molar-refractivity contribution in [3.63, 3.8) is 0 Å². The fourth-order valence-electron chi connectivity index (χ4n) is 4.04. The van der Waals surface area contributed by atoms with Gasteiger partial charge in [-0.05, 0) is 48.2 Å². The number of ketones is 1. The lowest BCUT2D eigenvalue weighted by molar-refractivity contribution is -0.121. The van der Waals surface area contributed by atoms with Crippen LogP contribution in [0.2, 0.25) is 5.02 Å². The standard InChI is InChI=1S/C21H20ClNO3/c1-21(2)11-16-20(17(24)12-21)15(18-4-3-9-26-18)10-19(25)23(16)14-7-5-13(22)6-8-14/h3-9,15H,10-12H2,1-2H3. The number of Topliss-reactive ketones (excluding diaryl/α,β-unsaturated/α-hetero) is 1. The van der Waals surface area contributed by atoms with Gasteiger partial charge < -0.3 is 4.42 Å². The number of hydrogen-bond acceptors (Lipinski definition) is 3. The summed E-state index contributed by atoms with van der Waals surface area (Å²) in [7, 11) is 0. The van der Waals surface area contributed by atoms with Gasteiger partial charge in [0.15, 0.2) is 5.78 Å². The number of hydrogen-bond donors (Lipinski definition) is 0. The van der Waals surface area contributed by atoms with Crippen LogP contribution < -0.4 is 4.90 Å². The van der Waals surface area contributed by atoms with Crippen molar-refractivity contribution in [2.24, 2.45) is 5.41 Å². The van der Waals surface area contributed by atoms with Crippen LogP contribution in [-0.2, 0) is 9.59 Å². The lowest BCUT2D eigenvalue weighted by Gasteiger charge is -2.42. The maximum atomic E-state index is 13.1. The average Bonchev–Trinajstić information content (AvgIpc) is 3.08. The number of benzene rings is 1. The number of halogens is 1. The van der Waals surface area contributed by atoms with E-state index in [9.17, 15) is 9.59 Å². The van der Waals surface area contributed by atoms with Crippen LogP contribution in [0.25, 0.3) is 0 Å². The van der Waals surface area contributed by atoms with Gasteiger partial charge in [-0.3, -0.25) is 14.5 Å². The molecule has 1 aliphatic carbocycles. The Bertz CT molecular complexity index is 894. The molecule has 1 aromatic carbocycles. The van der Waals surface area contributed by atoms with Crippen LogP contribution in [0.4, 0.5) is 5.69 Å². The van der Waals surface area contributed by atoms with Gasteiger partial charge in [0.2, 0.25) is 5.91 Å². The molecule has 2 aliphatic rings. The van der Waals surface area contributed by atoms with Gasteiger partial charge in [0.05, 0.1) is 12.2 Å². The van der Waals surface area contributed by atoms with E-state index in [0.717, 1.165) is 11.4 Å². The van der Waals surface area contributed by atoms with Gasteiger partial charge in [-0.25, -0.2) is 0 Å². The molecule has 0 radical (unpaired) electrons. The molecule has 134 valence electrons. The third-order valence-electron chi connectivity index (χ3n) is 5.11. The highest BCUT2D eigenvalue weighted by molar-refractivity contribution is 6.30. The molecule has 0 saturated carbocycles. The van der Waals surface area contributed by atoms with Crippen molar-refractivity contribution in [3.8, 4) is 0 Å². The van der Waals surface area contributed by atoms with E-state index >= 15 is 0 Å². The Kier molecular flexibility index (Phi) is 4.03. The number of carbonyl (C=O) groups excluding carboxylic acids is 2. The molecule has 0 N–H and O–H groups in total. The van der Waals surface area contributed by atoms with Crippen LogP contribution in [0.1, 0.15) is 44.8 Å². The summed E-state index contributed by atoms with van der Waals surface area (Å²) in [5.41, 5.74) is 2.07. The van der Waals surface area contributed by atoms with E-state index < -0.39 is 0 Å². The molecule has 2 heterocycles. The SMILES string of the molecule is CC1(C)CC(=O)C2=C(C1)N(c1ccc(Cl)cc1)C(=O)CC2c1ccco1. The van der Waals surface area contributed by atoms with Crippen molar-refractivity contribution < 1.29 is 14.0 Å². The first-order valence-corrected chi connectivity index (χ1v) is 9.12. The quantitative estimate of drug-likeness (QED) is 0.740. The second-order valence-electron chi connectivity index (χ2n) is 7.78. The van der Waals surface area contributed by atoms with Crippen LogP contribution in [0.15, 0.2) is 58.3 Å². The van der Waals surface area contributed by atoms with Crippen LogP contribution in [-0.4, -0.2) is 11.7 Å². The number of carbonyl (C=O) groups is 2. The van der Waals surface area contributed by atoms with Gasteiger partial charge in [-0.2, -0.15) is 0 Å². The Hall–Kier alpha value is -2.33. The summed E-state index contributed by atoms with van der Waals surface area (Å²) in [5, 5.41) is 0.612. The van der Waals surface area contributed by atoms with Gasteiger partial charge in [0.25, 0.3) is 0 Å². The van der Waals surface area contributed by atoms with E-state index in [1.54, 1.807) is 29.4 Å². The topological polar surface area (TPSA) is 50.5 Å². The molecule has 0 fully saturated rings. The minimum absolute atomic E-state index is 0.0297. The summed E-state index contributed by atoms with van der Waals surface area (Å²) in [6.07, 6.45) is 2.95. The smallest absolute Gasteiger partial charge is 0.232 e. The summed E-state index contributed by atoms with van der Waals surface area (Å²) >= 11 is 6.00. The van der Waals surface area contributed by atoms with Crippen LogP contribution in [0.3, 0.4) is 0 Å². The van der Waals surface area contributed by atoms with Gasteiger partial charge in [-0.1, -0.05) is 25.4 Å². The summed E-state index contributed by atoms with van der Waals surface area (Å²) in [4.78, 5) is 27.8. The minimum atomic E-state index is -0.306. The zero-order valence-corrected chi connectivity index (χ0v) is 15.5. The Morgan fingerprint density at radius 3 is 2.50 bits per heavy atom. The Labute approximate surface area is 157 Å². The summed E-state index contributed by atoms with van der Waals surface area (Å²) in [5.74, 6) is 0.441. The molecular formula is C21H20ClNO3. The predicted octanol–water partition coefficient (Wildman–Crippen LogP) is 5.10. The molecule has 1 atom stereocenters. The first-order chi connectivity index (χ1) is 12.4. The molecule has 1 unspecified atom stereocenters. The number of nitrogens with zero attached hydrogens (tertiary/aromatic N) is 1. The van der Waals surface area contributed by atoms with Crippen molar-refractivity contribution in [2.75, 3.05) is 4.90 Å². The van der Waals surface area contributed by atoms with E-state index in [1.807, 2.05) is 18.2 Å². The van der Waals surface area contributed by atoms with Gasteiger partial charge in [0.1, 0.15) is 5.76 Å². The minimum Gasteiger partial charge on any atom is -0.469 e. The van der Waals surface area contributed by atoms with Crippen molar-refractivity contribution in [1.82, 2.24) is 0 Å². The normalized spacial score (nSPS) is 22.6. The van der Waals surface area contributed by atoms with Crippen molar-refractivity contribution >= 4 is 29.0 Å². The molecule has 0 saturated heterocycles. The second kappa shape index (κ2) is 6.13. The molecule has 4 rings (SSSR count). The van der Waals surface area contributed by atoms with Crippen molar-refractivity contribution in [1.29, 1.82) is 0 Å². The molecule has 26 heavy (non-hydrogen) atoms. The number of amides is 1. The van der Waals surface area contributed by atoms with E-state index in [0.29, 0.717) is 29.2 Å². The monoisotopic (exact) mass is 369 g/mol. The Morgan fingerprint density at radius 2 is 1.85 bits per heavy atom. The summed E-state index contributed by atoms with van der Waals surface area (Å²) in [6, 6.07) is 10.8. The number of rotatable bonds is 2. The fourth-order valence-corrected chi connectivity index (χ4v) is 4.16.